The lowest BCUT2D eigenvalue weighted by atomic mass is 9.95. The van der Waals surface area contributed by atoms with Gasteiger partial charge in [-0.2, -0.15) is 4.80 Å². The van der Waals surface area contributed by atoms with Crippen molar-refractivity contribution in [3.63, 3.8) is 0 Å². The second kappa shape index (κ2) is 12.2. The Hall–Kier alpha value is -4.12. The minimum Gasteiger partial charge on any atom is -0.495 e. The molecule has 1 fully saturated rings. The van der Waals surface area contributed by atoms with Gasteiger partial charge in [0.15, 0.2) is 0 Å². The average molecular weight is 549 g/mol. The summed E-state index contributed by atoms with van der Waals surface area (Å²) in [6, 6.07) is 16.0. The highest BCUT2D eigenvalue weighted by molar-refractivity contribution is 7.10. The minimum absolute atomic E-state index is 0.0589. The molecule has 39 heavy (non-hydrogen) atoms. The van der Waals surface area contributed by atoms with Crippen LogP contribution >= 0.6 is 11.3 Å². The molecule has 1 aliphatic rings. The molecule has 202 valence electrons. The van der Waals surface area contributed by atoms with Gasteiger partial charge in [0, 0.05) is 10.9 Å². The van der Waals surface area contributed by atoms with Crippen LogP contribution in [-0.2, 0) is 16.1 Å². The molecule has 1 atom stereocenters. The summed E-state index contributed by atoms with van der Waals surface area (Å²) >= 11 is 1.40. The third-order valence-corrected chi connectivity index (χ3v) is 7.65. The van der Waals surface area contributed by atoms with Crippen molar-refractivity contribution in [2.24, 2.45) is 0 Å². The summed E-state index contributed by atoms with van der Waals surface area (Å²) < 4.78 is 19.9. The van der Waals surface area contributed by atoms with Gasteiger partial charge in [0.2, 0.25) is 11.7 Å². The Bertz CT molecular complexity index is 1420. The summed E-state index contributed by atoms with van der Waals surface area (Å²) in [5.74, 6) is -0.696. The number of thiophene rings is 1. The van der Waals surface area contributed by atoms with E-state index in [9.17, 15) is 14.0 Å². The van der Waals surface area contributed by atoms with Gasteiger partial charge >= 0.3 is 0 Å². The van der Waals surface area contributed by atoms with Gasteiger partial charge < -0.3 is 10.1 Å². The fourth-order valence-corrected chi connectivity index (χ4v) is 5.66. The number of para-hydroxylation sites is 2. The Kier molecular flexibility index (Phi) is 8.26. The molecule has 2 aromatic heterocycles. The van der Waals surface area contributed by atoms with Gasteiger partial charge in [0.05, 0.1) is 18.4 Å². The Morgan fingerprint density at radius 2 is 1.87 bits per heavy atom. The second-order valence-electron chi connectivity index (χ2n) is 9.32. The molecule has 2 aromatic carbocycles. The lowest BCUT2D eigenvalue weighted by molar-refractivity contribution is -0.127. The van der Waals surface area contributed by atoms with Gasteiger partial charge in [-0.3, -0.25) is 14.5 Å². The second-order valence-corrected chi connectivity index (χ2v) is 10.3. The Balaban J connectivity index is 1.50. The van der Waals surface area contributed by atoms with Crippen LogP contribution in [0.15, 0.2) is 66.0 Å². The number of amides is 2. The van der Waals surface area contributed by atoms with E-state index >= 15 is 0 Å². The van der Waals surface area contributed by atoms with Gasteiger partial charge in [-0.05, 0) is 53.8 Å². The molecular weight excluding hydrogens is 519 g/mol. The number of hydrogen-bond donors (Lipinski definition) is 1. The molecule has 0 bridgehead atoms. The zero-order valence-corrected chi connectivity index (χ0v) is 22.3. The number of ether oxygens (including phenoxy) is 1. The number of hydrogen-bond acceptors (Lipinski definition) is 7. The number of carbonyl (C=O) groups is 2. The van der Waals surface area contributed by atoms with Gasteiger partial charge in [0.1, 0.15) is 24.2 Å². The molecule has 0 radical (unpaired) electrons. The van der Waals surface area contributed by atoms with Crippen molar-refractivity contribution in [2.75, 3.05) is 12.0 Å². The van der Waals surface area contributed by atoms with E-state index in [4.69, 9.17) is 4.74 Å². The molecule has 0 saturated heterocycles. The SMILES string of the molecule is COc1ccccc1N(C(=O)Cn1nnc(-c2ccccc2F)n1)C(C(=O)NC1CCCCC1)c1cccs1. The Morgan fingerprint density at radius 3 is 2.62 bits per heavy atom. The van der Waals surface area contributed by atoms with Crippen molar-refractivity contribution in [3.8, 4) is 17.1 Å². The number of aromatic nitrogens is 4. The number of anilines is 1. The van der Waals surface area contributed by atoms with Crippen LogP contribution < -0.4 is 15.0 Å². The Labute approximate surface area is 229 Å². The smallest absolute Gasteiger partial charge is 0.251 e. The highest BCUT2D eigenvalue weighted by atomic mass is 32.1. The molecule has 2 heterocycles. The normalized spacial score (nSPS) is 14.5. The number of nitrogens with zero attached hydrogens (tertiary/aromatic N) is 5. The van der Waals surface area contributed by atoms with E-state index in [-0.39, 0.29) is 29.9 Å². The summed E-state index contributed by atoms with van der Waals surface area (Å²) in [6.07, 6.45) is 5.10. The summed E-state index contributed by atoms with van der Waals surface area (Å²) in [5, 5.41) is 17.2. The first-order valence-corrected chi connectivity index (χ1v) is 13.7. The largest absolute Gasteiger partial charge is 0.495 e. The quantitative estimate of drug-likeness (QED) is 0.323. The predicted molar refractivity (Wildman–Crippen MR) is 146 cm³/mol. The van der Waals surface area contributed by atoms with Gasteiger partial charge in [-0.25, -0.2) is 4.39 Å². The van der Waals surface area contributed by atoms with E-state index in [1.807, 2.05) is 17.5 Å². The van der Waals surface area contributed by atoms with Gasteiger partial charge in [-0.1, -0.05) is 49.6 Å². The maximum atomic E-state index is 14.3. The van der Waals surface area contributed by atoms with E-state index in [1.165, 1.54) is 29.4 Å². The van der Waals surface area contributed by atoms with E-state index in [2.05, 4.69) is 20.7 Å². The highest BCUT2D eigenvalue weighted by Crippen LogP contribution is 2.37. The van der Waals surface area contributed by atoms with Crippen molar-refractivity contribution in [1.82, 2.24) is 25.5 Å². The molecular formula is C28H29FN6O3S. The first kappa shape index (κ1) is 26.5. The third kappa shape index (κ3) is 5.98. The molecule has 1 N–H and O–H groups in total. The van der Waals surface area contributed by atoms with Crippen molar-refractivity contribution < 1.29 is 18.7 Å². The molecule has 1 aliphatic carbocycles. The van der Waals surface area contributed by atoms with Crippen LogP contribution in [0.5, 0.6) is 5.75 Å². The number of halogens is 1. The zero-order valence-electron chi connectivity index (χ0n) is 21.5. The van der Waals surface area contributed by atoms with Crippen molar-refractivity contribution >= 4 is 28.8 Å². The highest BCUT2D eigenvalue weighted by Gasteiger charge is 2.36. The minimum atomic E-state index is -0.940. The van der Waals surface area contributed by atoms with E-state index in [0.717, 1.165) is 36.9 Å². The zero-order chi connectivity index (χ0) is 27.2. The molecule has 1 unspecified atom stereocenters. The van der Waals surface area contributed by atoms with Gasteiger partial charge in [-0.15, -0.1) is 21.5 Å². The standard InChI is InChI=1S/C28H29FN6O3S/c1-38-23-15-8-7-14-22(23)35(25(36)18-34-32-27(31-33-34)20-12-5-6-13-21(20)29)26(24-16-9-17-39-24)28(37)30-19-10-3-2-4-11-19/h5-9,12-17,19,26H,2-4,10-11,18H2,1H3,(H,30,37). The maximum Gasteiger partial charge on any atom is 0.251 e. The third-order valence-electron chi connectivity index (χ3n) is 6.73. The molecule has 1 saturated carbocycles. The van der Waals surface area contributed by atoms with E-state index in [0.29, 0.717) is 16.3 Å². The van der Waals surface area contributed by atoms with Crippen LogP contribution in [0.4, 0.5) is 10.1 Å². The van der Waals surface area contributed by atoms with Crippen LogP contribution in [0.3, 0.4) is 0 Å². The van der Waals surface area contributed by atoms with Crippen LogP contribution in [0.1, 0.15) is 43.0 Å². The molecule has 9 nitrogen and oxygen atoms in total. The number of nitrogens with one attached hydrogen (secondary N) is 1. The van der Waals surface area contributed by atoms with Gasteiger partial charge in [0.25, 0.3) is 5.91 Å². The summed E-state index contributed by atoms with van der Waals surface area (Å²) in [7, 11) is 1.52. The molecule has 2 amide bonds. The van der Waals surface area contributed by atoms with Crippen LogP contribution in [-0.4, -0.2) is 45.2 Å². The number of rotatable bonds is 9. The molecule has 0 aliphatic heterocycles. The fraction of sp³-hybridized carbons (Fsp3) is 0.321. The number of tetrazole rings is 1. The maximum absolute atomic E-state index is 14.3. The Morgan fingerprint density at radius 1 is 1.10 bits per heavy atom. The summed E-state index contributed by atoms with van der Waals surface area (Å²) in [5.41, 5.74) is 0.623. The molecule has 11 heteroatoms. The number of methoxy groups -OCH3 is 1. The van der Waals surface area contributed by atoms with Crippen LogP contribution in [0.25, 0.3) is 11.4 Å². The fourth-order valence-electron chi connectivity index (χ4n) is 4.85. The topological polar surface area (TPSA) is 102 Å². The molecule has 5 rings (SSSR count). The summed E-state index contributed by atoms with van der Waals surface area (Å²) in [6.45, 7) is -0.321. The number of carbonyl (C=O) groups excluding carboxylic acids is 2. The van der Waals surface area contributed by atoms with Crippen molar-refractivity contribution in [3.05, 3.63) is 76.7 Å². The summed E-state index contributed by atoms with van der Waals surface area (Å²) in [4.78, 5) is 31.2. The van der Waals surface area contributed by atoms with E-state index < -0.39 is 17.8 Å². The predicted octanol–water partition coefficient (Wildman–Crippen LogP) is 4.77. The van der Waals surface area contributed by atoms with Crippen LogP contribution in [0.2, 0.25) is 0 Å². The van der Waals surface area contributed by atoms with Crippen LogP contribution in [0, 0.1) is 5.82 Å². The van der Waals surface area contributed by atoms with Crippen molar-refractivity contribution in [2.45, 2.75) is 50.7 Å². The lowest BCUT2D eigenvalue weighted by Gasteiger charge is -2.33. The average Bonchev–Trinajstić information content (AvgIpc) is 3.65. The number of benzene rings is 2. The first-order chi connectivity index (χ1) is 19.0. The van der Waals surface area contributed by atoms with Crippen molar-refractivity contribution in [1.29, 1.82) is 0 Å². The molecule has 4 aromatic rings. The lowest BCUT2D eigenvalue weighted by Crippen LogP contribution is -2.48. The monoisotopic (exact) mass is 548 g/mol. The molecule has 0 spiro atoms. The first-order valence-electron chi connectivity index (χ1n) is 12.9. The van der Waals surface area contributed by atoms with E-state index in [1.54, 1.807) is 42.5 Å².